The van der Waals surface area contributed by atoms with Crippen molar-refractivity contribution in [3.63, 3.8) is 0 Å². The van der Waals surface area contributed by atoms with Crippen LogP contribution in [0.15, 0.2) is 23.1 Å². The van der Waals surface area contributed by atoms with Crippen molar-refractivity contribution in [2.75, 3.05) is 6.54 Å². The number of rotatable bonds is 5. The first-order valence-corrected chi connectivity index (χ1v) is 7.74. The molecule has 1 aromatic carbocycles. The van der Waals surface area contributed by atoms with E-state index in [-0.39, 0.29) is 12.1 Å². The minimum absolute atomic E-state index is 0.0275. The van der Waals surface area contributed by atoms with Gasteiger partial charge >= 0.3 is 6.18 Å². The second-order valence-electron chi connectivity index (χ2n) is 4.81. The van der Waals surface area contributed by atoms with Crippen LogP contribution >= 0.6 is 0 Å². The molecule has 1 saturated carbocycles. The summed E-state index contributed by atoms with van der Waals surface area (Å²) in [6.07, 6.45) is -3.39. The van der Waals surface area contributed by atoms with E-state index < -0.39 is 44.9 Å². The molecule has 0 unspecified atom stereocenters. The van der Waals surface area contributed by atoms with Crippen LogP contribution in [-0.4, -0.2) is 26.9 Å². The fraction of sp³-hybridized carbons (Fsp3) is 0.417. The van der Waals surface area contributed by atoms with Crippen LogP contribution in [0.3, 0.4) is 0 Å². The maximum absolute atomic E-state index is 13.1. The molecule has 2 N–H and O–H groups in total. The summed E-state index contributed by atoms with van der Waals surface area (Å²) in [6.45, 7) is -0.600. The van der Waals surface area contributed by atoms with E-state index in [2.05, 4.69) is 5.32 Å². The van der Waals surface area contributed by atoms with Crippen molar-refractivity contribution in [2.24, 2.45) is 0 Å². The Morgan fingerprint density at radius 3 is 2.45 bits per heavy atom. The average molecular weight is 340 g/mol. The van der Waals surface area contributed by atoms with Crippen molar-refractivity contribution in [1.82, 2.24) is 10.0 Å². The van der Waals surface area contributed by atoms with E-state index >= 15 is 0 Å². The smallest absolute Gasteiger partial charge is 0.352 e. The van der Waals surface area contributed by atoms with Crippen molar-refractivity contribution < 1.29 is 30.8 Å². The highest BCUT2D eigenvalue weighted by molar-refractivity contribution is 7.89. The molecule has 1 aromatic rings. The van der Waals surface area contributed by atoms with Gasteiger partial charge in [-0.1, -0.05) is 0 Å². The number of amides is 1. The van der Waals surface area contributed by atoms with Gasteiger partial charge < -0.3 is 5.32 Å². The average Bonchev–Trinajstić information content (AvgIpc) is 3.19. The van der Waals surface area contributed by atoms with Gasteiger partial charge in [0.15, 0.2) is 0 Å². The minimum atomic E-state index is -5.01. The lowest BCUT2D eigenvalue weighted by molar-refractivity contribution is -0.140. The zero-order chi connectivity index (χ0) is 16.5. The normalized spacial score (nSPS) is 15.6. The van der Waals surface area contributed by atoms with E-state index in [1.807, 2.05) is 4.72 Å². The molecule has 2 rings (SSSR count). The summed E-state index contributed by atoms with van der Waals surface area (Å²) in [6, 6.07) is 1.34. The second-order valence-corrected chi connectivity index (χ2v) is 6.57. The van der Waals surface area contributed by atoms with E-state index in [1.54, 1.807) is 0 Å². The van der Waals surface area contributed by atoms with Crippen molar-refractivity contribution in [3.05, 3.63) is 29.6 Å². The number of hydrogen-bond donors (Lipinski definition) is 2. The van der Waals surface area contributed by atoms with Gasteiger partial charge in [0.1, 0.15) is 5.82 Å². The molecule has 0 heterocycles. The first-order valence-electron chi connectivity index (χ1n) is 6.25. The molecule has 0 bridgehead atoms. The number of nitrogens with one attached hydrogen (secondary N) is 2. The summed E-state index contributed by atoms with van der Waals surface area (Å²) in [5.41, 5.74) is -1.68. The summed E-state index contributed by atoms with van der Waals surface area (Å²) in [7, 11) is -4.35. The van der Waals surface area contributed by atoms with Crippen LogP contribution in [0.2, 0.25) is 0 Å². The third-order valence-corrected chi connectivity index (χ3v) is 4.32. The molecule has 0 aromatic heterocycles. The summed E-state index contributed by atoms with van der Waals surface area (Å²) in [5.74, 6) is -2.15. The van der Waals surface area contributed by atoms with Gasteiger partial charge in [-0.15, -0.1) is 0 Å². The molecule has 1 aliphatic rings. The first kappa shape index (κ1) is 16.7. The number of carbonyl (C=O) groups is 1. The van der Waals surface area contributed by atoms with Crippen molar-refractivity contribution in [2.45, 2.75) is 30.0 Å². The molecule has 5 nitrogen and oxygen atoms in total. The van der Waals surface area contributed by atoms with E-state index in [0.717, 1.165) is 12.8 Å². The Kier molecular flexibility index (Phi) is 4.43. The van der Waals surface area contributed by atoms with E-state index in [4.69, 9.17) is 0 Å². The van der Waals surface area contributed by atoms with Crippen LogP contribution in [-0.2, 0) is 21.0 Å². The summed E-state index contributed by atoms with van der Waals surface area (Å²) in [5, 5.41) is 2.52. The van der Waals surface area contributed by atoms with Gasteiger partial charge in [-0.3, -0.25) is 4.79 Å². The maximum atomic E-state index is 13.1. The number of benzene rings is 1. The molecule has 0 radical (unpaired) electrons. The number of alkyl halides is 3. The quantitative estimate of drug-likeness (QED) is 0.796. The van der Waals surface area contributed by atoms with Crippen molar-refractivity contribution in [1.29, 1.82) is 0 Å². The van der Waals surface area contributed by atoms with Gasteiger partial charge in [-0.2, -0.15) is 13.2 Å². The zero-order valence-corrected chi connectivity index (χ0v) is 11.9. The molecular formula is C12H12F4N2O3S. The third-order valence-electron chi connectivity index (χ3n) is 2.92. The lowest BCUT2D eigenvalue weighted by atomic mass is 10.2. The highest BCUT2D eigenvalue weighted by Crippen LogP contribution is 2.32. The highest BCUT2D eigenvalue weighted by Gasteiger charge is 2.35. The lowest BCUT2D eigenvalue weighted by Gasteiger charge is -2.11. The Bertz CT molecular complexity index is 684. The summed E-state index contributed by atoms with van der Waals surface area (Å²) < 4.78 is 76.4. The molecule has 0 saturated heterocycles. The van der Waals surface area contributed by atoms with Crippen LogP contribution < -0.4 is 10.0 Å². The minimum Gasteiger partial charge on any atom is -0.352 e. The SMILES string of the molecule is O=C(CNS(=O)(=O)c1ccc(F)c(C(F)(F)F)c1)NC1CC1. The molecule has 1 fully saturated rings. The number of carbonyl (C=O) groups excluding carboxylic acids is 1. The molecular weight excluding hydrogens is 328 g/mol. The Morgan fingerprint density at radius 2 is 1.91 bits per heavy atom. The van der Waals surface area contributed by atoms with Crippen LogP contribution in [0, 0.1) is 5.82 Å². The Hall–Kier alpha value is -1.68. The molecule has 1 amide bonds. The molecule has 1 aliphatic carbocycles. The number of hydrogen-bond acceptors (Lipinski definition) is 3. The van der Waals surface area contributed by atoms with E-state index in [0.29, 0.717) is 12.1 Å². The van der Waals surface area contributed by atoms with Gasteiger partial charge in [0.2, 0.25) is 15.9 Å². The predicted molar refractivity (Wildman–Crippen MR) is 67.8 cm³/mol. The molecule has 0 atom stereocenters. The van der Waals surface area contributed by atoms with Crippen LogP contribution in [0.1, 0.15) is 18.4 Å². The molecule has 0 spiro atoms. The monoisotopic (exact) mass is 340 g/mol. The molecule has 22 heavy (non-hydrogen) atoms. The fourth-order valence-electron chi connectivity index (χ4n) is 1.64. The second kappa shape index (κ2) is 5.84. The first-order chi connectivity index (χ1) is 10.1. The fourth-order valence-corrected chi connectivity index (χ4v) is 2.65. The Balaban J connectivity index is 2.13. The molecule has 0 aliphatic heterocycles. The van der Waals surface area contributed by atoms with Crippen LogP contribution in [0.4, 0.5) is 17.6 Å². The Labute approximate surface area is 123 Å². The lowest BCUT2D eigenvalue weighted by Crippen LogP contribution is -2.37. The maximum Gasteiger partial charge on any atom is 0.419 e. The number of halogens is 4. The number of sulfonamides is 1. The summed E-state index contributed by atoms with van der Waals surface area (Å²) in [4.78, 5) is 10.6. The molecule has 122 valence electrons. The van der Waals surface area contributed by atoms with Gasteiger partial charge in [0.25, 0.3) is 0 Å². The predicted octanol–water partition coefficient (Wildman–Crippen LogP) is 1.40. The van der Waals surface area contributed by atoms with E-state index in [9.17, 15) is 30.8 Å². The largest absolute Gasteiger partial charge is 0.419 e. The third kappa shape index (κ3) is 4.17. The highest BCUT2D eigenvalue weighted by atomic mass is 32.2. The van der Waals surface area contributed by atoms with E-state index in [1.165, 1.54) is 0 Å². The zero-order valence-electron chi connectivity index (χ0n) is 11.1. The van der Waals surface area contributed by atoms with Gasteiger partial charge in [0, 0.05) is 6.04 Å². The topological polar surface area (TPSA) is 75.3 Å². The van der Waals surface area contributed by atoms with Gasteiger partial charge in [-0.25, -0.2) is 17.5 Å². The van der Waals surface area contributed by atoms with Crippen LogP contribution in [0.5, 0.6) is 0 Å². The van der Waals surface area contributed by atoms with Gasteiger partial charge in [-0.05, 0) is 31.0 Å². The standard InChI is InChI=1S/C12H12F4N2O3S/c13-10-4-3-8(5-9(10)12(14,15)16)22(20,21)17-6-11(19)18-7-1-2-7/h3-5,7,17H,1-2,6H2,(H,18,19). The van der Waals surface area contributed by atoms with Crippen molar-refractivity contribution in [3.8, 4) is 0 Å². The van der Waals surface area contributed by atoms with Crippen molar-refractivity contribution >= 4 is 15.9 Å². The van der Waals surface area contributed by atoms with Crippen LogP contribution in [0.25, 0.3) is 0 Å². The van der Waals surface area contributed by atoms with Gasteiger partial charge in [0.05, 0.1) is 17.0 Å². The Morgan fingerprint density at radius 1 is 1.27 bits per heavy atom. The summed E-state index contributed by atoms with van der Waals surface area (Å²) >= 11 is 0. The molecule has 10 heteroatoms.